The van der Waals surface area contributed by atoms with Crippen LogP contribution in [0.1, 0.15) is 11.1 Å². The normalized spacial score (nSPS) is 18.3. The van der Waals surface area contributed by atoms with Crippen LogP contribution in [0.2, 0.25) is 0 Å². The van der Waals surface area contributed by atoms with E-state index in [-0.39, 0.29) is 17.9 Å². The van der Waals surface area contributed by atoms with Crippen molar-refractivity contribution in [2.24, 2.45) is 0 Å². The van der Waals surface area contributed by atoms with Crippen molar-refractivity contribution in [2.45, 2.75) is 19.6 Å². The Kier molecular flexibility index (Phi) is 5.12. The van der Waals surface area contributed by atoms with E-state index in [0.29, 0.717) is 25.3 Å². The average molecular weight is 331 g/mol. The first-order valence-electron chi connectivity index (χ1n) is 7.69. The molecule has 1 atom stereocenters. The van der Waals surface area contributed by atoms with Gasteiger partial charge in [0.1, 0.15) is 12.4 Å². The number of rotatable bonds is 5. The number of aromatic nitrogens is 2. The van der Waals surface area contributed by atoms with Crippen LogP contribution in [0.15, 0.2) is 30.6 Å². The summed E-state index contributed by atoms with van der Waals surface area (Å²) in [5.74, 6) is -0.317. The third-order valence-corrected chi connectivity index (χ3v) is 3.77. The lowest BCUT2D eigenvalue weighted by Gasteiger charge is -2.30. The van der Waals surface area contributed by atoms with E-state index in [1.165, 1.54) is 6.07 Å². The number of hydrogen-bond donors (Lipinski definition) is 0. The summed E-state index contributed by atoms with van der Waals surface area (Å²) < 4.78 is 24.5. The molecule has 24 heavy (non-hydrogen) atoms. The van der Waals surface area contributed by atoms with Crippen molar-refractivity contribution in [3.05, 3.63) is 47.5 Å². The van der Waals surface area contributed by atoms with Gasteiger partial charge in [0, 0.05) is 37.6 Å². The zero-order valence-corrected chi connectivity index (χ0v) is 13.3. The number of carbonyl (C=O) groups excluding carboxylic acids is 1. The molecule has 1 aliphatic rings. The van der Waals surface area contributed by atoms with Crippen molar-refractivity contribution in [1.29, 1.82) is 0 Å². The number of halogens is 1. The minimum absolute atomic E-state index is 0.0969. The molecule has 0 bridgehead atoms. The van der Waals surface area contributed by atoms with E-state index < -0.39 is 5.82 Å². The van der Waals surface area contributed by atoms with Crippen LogP contribution in [-0.4, -0.2) is 47.0 Å². The molecule has 126 valence electrons. The monoisotopic (exact) mass is 331 g/mol. The number of aldehydes is 1. The Morgan fingerprint density at radius 3 is 2.92 bits per heavy atom. The molecule has 6 nitrogen and oxygen atoms in total. The molecule has 0 saturated carbocycles. The fraction of sp³-hybridized carbons (Fsp3) is 0.353. The highest BCUT2D eigenvalue weighted by atomic mass is 19.1. The lowest BCUT2D eigenvalue weighted by Crippen LogP contribution is -2.42. The number of ether oxygens (including phenoxy) is 2. The molecule has 7 heteroatoms. The zero-order chi connectivity index (χ0) is 16.9. The summed E-state index contributed by atoms with van der Waals surface area (Å²) in [5, 5.41) is 0. The molecule has 2 aromatic rings. The van der Waals surface area contributed by atoms with Crippen molar-refractivity contribution in [3.8, 4) is 11.8 Å². The third kappa shape index (κ3) is 3.93. The van der Waals surface area contributed by atoms with Gasteiger partial charge in [0.25, 0.3) is 0 Å². The van der Waals surface area contributed by atoms with Crippen LogP contribution in [0.3, 0.4) is 0 Å². The van der Waals surface area contributed by atoms with E-state index in [0.717, 1.165) is 18.4 Å². The Bertz CT molecular complexity index is 688. The van der Waals surface area contributed by atoms with Crippen molar-refractivity contribution >= 4 is 6.29 Å². The molecule has 2 heterocycles. The highest BCUT2D eigenvalue weighted by Crippen LogP contribution is 2.25. The fourth-order valence-corrected chi connectivity index (χ4v) is 2.53. The van der Waals surface area contributed by atoms with Crippen molar-refractivity contribution in [3.63, 3.8) is 0 Å². The quantitative estimate of drug-likeness (QED) is 0.782. The summed E-state index contributed by atoms with van der Waals surface area (Å²) in [7, 11) is 0. The summed E-state index contributed by atoms with van der Waals surface area (Å²) in [6.45, 7) is 4.20. The van der Waals surface area contributed by atoms with Crippen LogP contribution in [0.4, 0.5) is 4.39 Å². The van der Waals surface area contributed by atoms with Crippen LogP contribution in [0.25, 0.3) is 0 Å². The average Bonchev–Trinajstić information content (AvgIpc) is 2.60. The van der Waals surface area contributed by atoms with Gasteiger partial charge in [-0.2, -0.15) is 0 Å². The summed E-state index contributed by atoms with van der Waals surface area (Å²) in [6, 6.07) is 4.81. The van der Waals surface area contributed by atoms with Gasteiger partial charge in [0.15, 0.2) is 11.6 Å². The Balaban J connectivity index is 1.64. The van der Waals surface area contributed by atoms with Gasteiger partial charge in [-0.05, 0) is 18.6 Å². The largest absolute Gasteiger partial charge is 0.421 e. The van der Waals surface area contributed by atoms with E-state index in [9.17, 15) is 9.18 Å². The van der Waals surface area contributed by atoms with Crippen molar-refractivity contribution in [2.75, 3.05) is 19.7 Å². The molecule has 1 saturated heterocycles. The predicted molar refractivity (Wildman–Crippen MR) is 84.3 cm³/mol. The molecule has 0 aliphatic carbocycles. The minimum Gasteiger partial charge on any atom is -0.421 e. The maximum Gasteiger partial charge on any atom is 0.321 e. The van der Waals surface area contributed by atoms with Gasteiger partial charge >= 0.3 is 6.01 Å². The van der Waals surface area contributed by atoms with Crippen LogP contribution < -0.4 is 4.74 Å². The van der Waals surface area contributed by atoms with E-state index >= 15 is 0 Å². The third-order valence-electron chi connectivity index (χ3n) is 3.77. The summed E-state index contributed by atoms with van der Waals surface area (Å²) in [6.07, 6.45) is 3.72. The highest BCUT2D eigenvalue weighted by Gasteiger charge is 2.20. The van der Waals surface area contributed by atoms with E-state index in [1.807, 2.05) is 0 Å². The molecule has 0 N–H and O–H groups in total. The lowest BCUT2D eigenvalue weighted by molar-refractivity contribution is -0.123. The number of hydrogen-bond acceptors (Lipinski definition) is 6. The molecule has 1 aromatic carbocycles. The Morgan fingerprint density at radius 2 is 2.21 bits per heavy atom. The van der Waals surface area contributed by atoms with E-state index in [2.05, 4.69) is 14.9 Å². The standard InChI is InChI=1S/C17H18FN3O3/c1-12-3-2-4-15(18)16(12)24-17-19-7-13(8-20-17)9-21-5-6-23-14(10-21)11-22/h2-4,7-8,11,14H,5-6,9-10H2,1H3/t14-/m0/s1. The first-order chi connectivity index (χ1) is 11.7. The number of carbonyl (C=O) groups is 1. The van der Waals surface area contributed by atoms with Crippen LogP contribution in [0.5, 0.6) is 11.8 Å². The first kappa shape index (κ1) is 16.5. The van der Waals surface area contributed by atoms with Crippen molar-refractivity contribution < 1.29 is 18.7 Å². The van der Waals surface area contributed by atoms with Crippen LogP contribution in [-0.2, 0) is 16.1 Å². The molecule has 1 fully saturated rings. The summed E-state index contributed by atoms with van der Waals surface area (Å²) in [5.41, 5.74) is 1.56. The predicted octanol–water partition coefficient (Wildman–Crippen LogP) is 2.12. The summed E-state index contributed by atoms with van der Waals surface area (Å²) >= 11 is 0. The highest BCUT2D eigenvalue weighted by molar-refractivity contribution is 5.56. The maximum absolute atomic E-state index is 13.8. The Hall–Kier alpha value is -2.38. The molecule has 0 spiro atoms. The number of aryl methyl sites for hydroxylation is 1. The van der Waals surface area contributed by atoms with E-state index in [1.54, 1.807) is 31.5 Å². The van der Waals surface area contributed by atoms with Crippen LogP contribution >= 0.6 is 0 Å². The molecule has 1 aromatic heterocycles. The van der Waals surface area contributed by atoms with Gasteiger partial charge in [-0.15, -0.1) is 0 Å². The fourth-order valence-electron chi connectivity index (χ4n) is 2.53. The second-order valence-electron chi connectivity index (χ2n) is 5.64. The molecule has 0 unspecified atom stereocenters. The van der Waals surface area contributed by atoms with Gasteiger partial charge in [0.05, 0.1) is 6.61 Å². The second-order valence-corrected chi connectivity index (χ2v) is 5.64. The van der Waals surface area contributed by atoms with Crippen molar-refractivity contribution in [1.82, 2.24) is 14.9 Å². The van der Waals surface area contributed by atoms with Gasteiger partial charge < -0.3 is 14.3 Å². The number of morpholine rings is 1. The topological polar surface area (TPSA) is 64.6 Å². The maximum atomic E-state index is 13.8. The summed E-state index contributed by atoms with van der Waals surface area (Å²) in [4.78, 5) is 21.2. The number of benzene rings is 1. The SMILES string of the molecule is Cc1cccc(F)c1Oc1ncc(CN2CCO[C@H](C=O)C2)cn1. The molecular formula is C17H18FN3O3. The molecule has 0 radical (unpaired) electrons. The Morgan fingerprint density at radius 1 is 1.42 bits per heavy atom. The number of para-hydroxylation sites is 1. The molecule has 0 amide bonds. The van der Waals surface area contributed by atoms with Gasteiger partial charge in [-0.1, -0.05) is 12.1 Å². The smallest absolute Gasteiger partial charge is 0.321 e. The lowest BCUT2D eigenvalue weighted by atomic mass is 10.2. The molecular weight excluding hydrogens is 313 g/mol. The minimum atomic E-state index is -0.448. The van der Waals surface area contributed by atoms with Gasteiger partial charge in [-0.25, -0.2) is 14.4 Å². The zero-order valence-electron chi connectivity index (χ0n) is 13.3. The van der Waals surface area contributed by atoms with Crippen LogP contribution in [0, 0.1) is 12.7 Å². The number of nitrogens with zero attached hydrogens (tertiary/aromatic N) is 3. The first-order valence-corrected chi connectivity index (χ1v) is 7.69. The van der Waals surface area contributed by atoms with Gasteiger partial charge in [0.2, 0.25) is 0 Å². The van der Waals surface area contributed by atoms with E-state index in [4.69, 9.17) is 9.47 Å². The molecule has 3 rings (SSSR count). The second kappa shape index (κ2) is 7.46. The van der Waals surface area contributed by atoms with Gasteiger partial charge in [-0.3, -0.25) is 4.90 Å². The Labute approximate surface area is 139 Å². The molecule has 1 aliphatic heterocycles.